The molecule has 4 aromatic rings. The van der Waals surface area contributed by atoms with Crippen molar-refractivity contribution >= 4 is 19.1 Å². The summed E-state index contributed by atoms with van der Waals surface area (Å²) in [6.07, 6.45) is 21.1. The minimum atomic E-state index is -5.15. The standard InChI is InChI=1S/2C16H13.2C6H13.2CH3.Hf.H2Si/c2*1-12-5-2-8-14(11-12)16-10-4-7-13-6-3-9-15(13)16;2*1-3-5-6-4-2;;;;/h2*2-11H,1H3;2*1,3-6H2,2H3;2*1H3;;1H2. The number of hydrogen-bond acceptors (Lipinski definition) is 0. The molecule has 4 aromatic carbocycles. The number of benzene rings is 4. The van der Waals surface area contributed by atoms with E-state index in [9.17, 15) is 0 Å². The Bertz CT molecular complexity index is 1890. The normalized spacial score (nSPS) is 18.9. The zero-order valence-electron chi connectivity index (χ0n) is 30.8. The molecule has 2 unspecified atom stereocenters. The first-order valence-corrected chi connectivity index (χ1v) is 43.9. The topological polar surface area (TPSA) is 0 Å². The van der Waals surface area contributed by atoms with E-state index < -0.39 is 14.2 Å². The molecule has 0 heterocycles. The van der Waals surface area contributed by atoms with Crippen molar-refractivity contribution in [2.24, 2.45) is 0 Å². The number of aryl methyl sites for hydroxylation is 2. The molecular formula is C46H60HfSi. The summed E-state index contributed by atoms with van der Waals surface area (Å²) in [5, 5.41) is 0. The van der Waals surface area contributed by atoms with Crippen LogP contribution in [-0.2, 0) is 14.2 Å². The molecule has 2 heteroatoms. The van der Waals surface area contributed by atoms with Crippen molar-refractivity contribution in [1.82, 2.24) is 0 Å². The molecule has 0 radical (unpaired) electrons. The summed E-state index contributed by atoms with van der Waals surface area (Å²) in [6, 6.07) is 32.8. The van der Waals surface area contributed by atoms with Gasteiger partial charge in [-0.25, -0.2) is 0 Å². The van der Waals surface area contributed by atoms with Crippen molar-refractivity contribution in [3.05, 3.63) is 130 Å². The van der Waals surface area contributed by atoms with E-state index in [2.05, 4.69) is 153 Å². The van der Waals surface area contributed by atoms with Crippen LogP contribution in [0.25, 0.3) is 34.4 Å². The Morgan fingerprint density at radius 1 is 0.542 bits per heavy atom. The van der Waals surface area contributed by atoms with Crippen LogP contribution in [0.1, 0.15) is 106 Å². The predicted octanol–water partition coefficient (Wildman–Crippen LogP) is 13.9. The van der Waals surface area contributed by atoms with E-state index >= 15 is 0 Å². The van der Waals surface area contributed by atoms with E-state index in [4.69, 9.17) is 0 Å². The molecular weight excluding hydrogens is 759 g/mol. The summed E-state index contributed by atoms with van der Waals surface area (Å²) in [6.45, 7) is 11.8. The Morgan fingerprint density at radius 2 is 0.958 bits per heavy atom. The van der Waals surface area contributed by atoms with Gasteiger partial charge in [0.05, 0.1) is 0 Å². The maximum absolute atomic E-state index is 5.15. The predicted molar refractivity (Wildman–Crippen MR) is 215 cm³/mol. The first-order chi connectivity index (χ1) is 22.9. The van der Waals surface area contributed by atoms with E-state index in [-0.39, 0.29) is 0 Å². The molecule has 48 heavy (non-hydrogen) atoms. The van der Waals surface area contributed by atoms with Gasteiger partial charge in [-0.05, 0) is 0 Å². The third kappa shape index (κ3) is 5.87. The first-order valence-electron chi connectivity index (χ1n) is 19.2. The van der Waals surface area contributed by atoms with Crippen LogP contribution in [0.2, 0.25) is 17.7 Å². The second kappa shape index (κ2) is 12.3. The molecule has 0 nitrogen and oxygen atoms in total. The molecule has 6 rings (SSSR count). The summed E-state index contributed by atoms with van der Waals surface area (Å²) < 4.78 is 9.62. The van der Waals surface area contributed by atoms with Gasteiger partial charge in [-0.15, -0.1) is 0 Å². The summed E-state index contributed by atoms with van der Waals surface area (Å²) in [7, 11) is 0. The third-order valence-corrected chi connectivity index (χ3v) is 70.3. The second-order valence-electron chi connectivity index (χ2n) is 18.6. The second-order valence-corrected chi connectivity index (χ2v) is 95.6. The average molecular weight is 820 g/mol. The Labute approximate surface area is 288 Å². The summed E-state index contributed by atoms with van der Waals surface area (Å²) in [4.78, 5) is 0. The van der Waals surface area contributed by atoms with E-state index in [1.807, 2.05) is 0 Å². The molecule has 0 fully saturated rings. The van der Waals surface area contributed by atoms with E-state index in [1.165, 1.54) is 104 Å². The van der Waals surface area contributed by atoms with Gasteiger partial charge in [-0.3, -0.25) is 0 Å². The number of allylic oxidation sites excluding steroid dienone is 2. The van der Waals surface area contributed by atoms with Gasteiger partial charge in [0.15, 0.2) is 0 Å². The molecule has 2 aliphatic carbocycles. The van der Waals surface area contributed by atoms with Gasteiger partial charge >= 0.3 is 290 Å². The molecule has 0 aliphatic heterocycles. The van der Waals surface area contributed by atoms with Gasteiger partial charge in [-0.2, -0.15) is 0 Å². The minimum absolute atomic E-state index is 0.457. The monoisotopic (exact) mass is 820 g/mol. The fourth-order valence-corrected chi connectivity index (χ4v) is 60.4. The number of fused-ring (bicyclic) bond motifs is 2. The molecule has 252 valence electrons. The zero-order chi connectivity index (χ0) is 34.1. The Morgan fingerprint density at radius 3 is 1.35 bits per heavy atom. The molecule has 0 amide bonds. The van der Waals surface area contributed by atoms with Gasteiger partial charge in [0.2, 0.25) is 0 Å². The third-order valence-electron chi connectivity index (χ3n) is 13.8. The van der Waals surface area contributed by atoms with E-state index in [1.54, 1.807) is 11.1 Å². The summed E-state index contributed by atoms with van der Waals surface area (Å²) in [5.41, 5.74) is 14.3. The van der Waals surface area contributed by atoms with Crippen LogP contribution in [0.3, 0.4) is 0 Å². The van der Waals surface area contributed by atoms with Crippen LogP contribution in [-0.4, -0.2) is 6.94 Å². The first kappa shape index (κ1) is 35.3. The van der Waals surface area contributed by atoms with Crippen LogP contribution in [0, 0.1) is 13.8 Å². The van der Waals surface area contributed by atoms with Crippen molar-refractivity contribution in [2.45, 2.75) is 104 Å². The molecule has 0 aromatic heterocycles. The van der Waals surface area contributed by atoms with Crippen molar-refractivity contribution in [2.75, 3.05) is 0 Å². The van der Waals surface area contributed by atoms with E-state index in [0.717, 1.165) is 0 Å². The molecule has 2 atom stereocenters. The summed E-state index contributed by atoms with van der Waals surface area (Å²) >= 11 is -5.15. The fourth-order valence-electron chi connectivity index (χ4n) is 10.8. The molecule has 2 aliphatic rings. The van der Waals surface area contributed by atoms with Crippen LogP contribution in [0.15, 0.2) is 97.1 Å². The van der Waals surface area contributed by atoms with Crippen molar-refractivity contribution in [3.8, 4) is 22.3 Å². The Kier molecular flexibility index (Phi) is 9.07. The van der Waals surface area contributed by atoms with E-state index in [0.29, 0.717) is 7.35 Å². The van der Waals surface area contributed by atoms with Crippen LogP contribution >= 0.6 is 0 Å². The quantitative estimate of drug-likeness (QED) is 0.0878. The maximum atomic E-state index is 2.98. The summed E-state index contributed by atoms with van der Waals surface area (Å²) in [5.74, 6) is 0. The van der Waals surface area contributed by atoms with Crippen molar-refractivity contribution in [1.29, 1.82) is 0 Å². The number of rotatable bonds is 14. The Hall–Kier alpha value is -2.55. The molecule has 0 spiro atoms. The van der Waals surface area contributed by atoms with Gasteiger partial charge < -0.3 is 0 Å². The van der Waals surface area contributed by atoms with Gasteiger partial charge in [0.1, 0.15) is 0 Å². The van der Waals surface area contributed by atoms with Crippen LogP contribution in [0.5, 0.6) is 0 Å². The zero-order valence-corrected chi connectivity index (χ0v) is 35.8. The van der Waals surface area contributed by atoms with Gasteiger partial charge in [-0.1, -0.05) is 0 Å². The van der Waals surface area contributed by atoms with Crippen molar-refractivity contribution in [3.63, 3.8) is 0 Å². The molecule has 0 bridgehead atoms. The molecule has 0 saturated heterocycles. The average Bonchev–Trinajstić information content (AvgIpc) is 3.73. The SMILES string of the molecule is CCCCC[CH2][Hf]([CH3])([CH3])(=[SiH2])([CH2]CCCCC)([CH]1C=Cc2c(-c3cccc(C)c3)cccc21)[CH]1C=Cc2c(-c3cccc(C)c3)cccc21. The van der Waals surface area contributed by atoms with Crippen molar-refractivity contribution < 1.29 is 14.2 Å². The van der Waals surface area contributed by atoms with Gasteiger partial charge in [0.25, 0.3) is 0 Å². The Balaban J connectivity index is 1.61. The number of unbranched alkanes of at least 4 members (excludes halogenated alkanes) is 6. The fraction of sp³-hybridized carbons (Fsp3) is 0.391. The van der Waals surface area contributed by atoms with Crippen LogP contribution < -0.4 is 0 Å². The molecule has 0 N–H and O–H groups in total. The van der Waals surface area contributed by atoms with Crippen LogP contribution in [0.4, 0.5) is 0 Å². The molecule has 0 saturated carbocycles. The number of hydrogen-bond donors (Lipinski definition) is 0. The van der Waals surface area contributed by atoms with Gasteiger partial charge in [0, 0.05) is 0 Å².